The molecule has 0 saturated heterocycles. The number of hydrogen-bond donors (Lipinski definition) is 0. The van der Waals surface area contributed by atoms with Crippen molar-refractivity contribution in [1.82, 2.24) is 4.98 Å². The van der Waals surface area contributed by atoms with Crippen molar-refractivity contribution in [3.05, 3.63) is 81.7 Å². The average Bonchev–Trinajstić information content (AvgIpc) is 3.32. The van der Waals surface area contributed by atoms with E-state index in [0.717, 1.165) is 17.7 Å². The third-order valence-electron chi connectivity index (χ3n) is 4.46. The third-order valence-corrected chi connectivity index (χ3v) is 5.42. The first-order valence-corrected chi connectivity index (χ1v) is 9.09. The molecule has 0 unspecified atom stereocenters. The molecule has 0 bridgehead atoms. The second-order valence-corrected chi connectivity index (χ2v) is 7.26. The van der Waals surface area contributed by atoms with E-state index in [1.54, 1.807) is 6.07 Å². The number of Topliss-reactive ketones (excluding diaryl/α,β-unsaturated/α-hetero) is 2. The summed E-state index contributed by atoms with van der Waals surface area (Å²) < 4.78 is 33.6. The van der Waals surface area contributed by atoms with Crippen LogP contribution in [0.25, 0.3) is 27.9 Å². The second kappa shape index (κ2) is 6.03. The fraction of sp³-hybridized carbons (Fsp3) is 0. The molecule has 7 heteroatoms. The van der Waals surface area contributed by atoms with Crippen LogP contribution >= 0.6 is 11.3 Å². The highest BCUT2D eigenvalue weighted by atomic mass is 32.1. The Morgan fingerprint density at radius 2 is 1.57 bits per heavy atom. The van der Waals surface area contributed by atoms with Crippen LogP contribution in [0, 0.1) is 11.6 Å². The van der Waals surface area contributed by atoms with Gasteiger partial charge in [0.25, 0.3) is 0 Å². The maximum Gasteiger partial charge on any atom is 0.228 e. The molecular weight excluding hydrogens is 384 g/mol. The predicted molar refractivity (Wildman–Crippen MR) is 100 cm³/mol. The van der Waals surface area contributed by atoms with E-state index in [1.165, 1.54) is 17.4 Å². The van der Waals surface area contributed by atoms with Gasteiger partial charge in [-0.25, -0.2) is 8.78 Å². The van der Waals surface area contributed by atoms with E-state index in [4.69, 9.17) is 4.42 Å². The van der Waals surface area contributed by atoms with Crippen molar-refractivity contribution >= 4 is 39.4 Å². The fourth-order valence-corrected chi connectivity index (χ4v) is 4.07. The fourth-order valence-electron chi connectivity index (χ4n) is 3.17. The first kappa shape index (κ1) is 16.7. The van der Waals surface area contributed by atoms with Gasteiger partial charge in [0.1, 0.15) is 11.6 Å². The van der Waals surface area contributed by atoms with E-state index in [2.05, 4.69) is 4.98 Å². The summed E-state index contributed by atoms with van der Waals surface area (Å²) in [6.45, 7) is 0. The predicted octanol–water partition coefficient (Wildman–Crippen LogP) is 5.30. The number of halogens is 2. The monoisotopic (exact) mass is 393 g/mol. The lowest BCUT2D eigenvalue weighted by molar-refractivity contribution is 0.0989. The van der Waals surface area contributed by atoms with E-state index in [-0.39, 0.29) is 5.57 Å². The topological polar surface area (TPSA) is 60.2 Å². The van der Waals surface area contributed by atoms with Gasteiger partial charge in [-0.05, 0) is 30.3 Å². The molecule has 2 heterocycles. The number of aromatic nitrogens is 1. The molecule has 0 saturated carbocycles. The zero-order valence-corrected chi connectivity index (χ0v) is 14.8. The van der Waals surface area contributed by atoms with Gasteiger partial charge in [0.2, 0.25) is 17.5 Å². The molecule has 1 aliphatic rings. The normalized spacial score (nSPS) is 13.4. The van der Waals surface area contributed by atoms with Gasteiger partial charge in [0, 0.05) is 16.5 Å². The lowest BCUT2D eigenvalue weighted by Gasteiger charge is -1.97. The molecule has 2 aromatic heterocycles. The number of oxazole rings is 1. The summed E-state index contributed by atoms with van der Waals surface area (Å²) in [6, 6.07) is 12.7. The van der Waals surface area contributed by atoms with Crippen molar-refractivity contribution in [2.24, 2.45) is 0 Å². The Bertz CT molecular complexity index is 1240. The SMILES string of the molecule is O=C1C(=Cc2cc3oc(-c4ccccc4)nc3s2)C(=O)c2c(F)ccc(F)c21. The van der Waals surface area contributed by atoms with Crippen molar-refractivity contribution in [3.63, 3.8) is 0 Å². The number of carbonyl (C=O) groups excluding carboxylic acids is 2. The van der Waals surface area contributed by atoms with Crippen molar-refractivity contribution in [3.8, 4) is 11.5 Å². The van der Waals surface area contributed by atoms with Crippen molar-refractivity contribution in [1.29, 1.82) is 0 Å². The van der Waals surface area contributed by atoms with E-state index < -0.39 is 34.3 Å². The number of fused-ring (bicyclic) bond motifs is 2. The van der Waals surface area contributed by atoms with E-state index in [1.807, 2.05) is 30.3 Å². The zero-order chi connectivity index (χ0) is 19.4. The van der Waals surface area contributed by atoms with Crippen molar-refractivity contribution in [2.45, 2.75) is 0 Å². The number of allylic oxidation sites excluding steroid dienone is 1. The largest absolute Gasteiger partial charge is 0.435 e. The van der Waals surface area contributed by atoms with Crippen LogP contribution in [-0.2, 0) is 0 Å². The highest BCUT2D eigenvalue weighted by molar-refractivity contribution is 7.19. The molecule has 0 fully saturated rings. The van der Waals surface area contributed by atoms with Gasteiger partial charge in [0.15, 0.2) is 10.4 Å². The van der Waals surface area contributed by atoms with Gasteiger partial charge in [-0.3, -0.25) is 9.59 Å². The molecule has 2 aromatic carbocycles. The molecule has 0 atom stereocenters. The molecule has 0 radical (unpaired) electrons. The van der Waals surface area contributed by atoms with Crippen LogP contribution in [0.15, 0.2) is 58.5 Å². The third kappa shape index (κ3) is 2.44. The van der Waals surface area contributed by atoms with E-state index in [0.29, 0.717) is 21.2 Å². The van der Waals surface area contributed by atoms with Gasteiger partial charge in [-0.1, -0.05) is 18.2 Å². The summed E-state index contributed by atoms with van der Waals surface area (Å²) in [6.07, 6.45) is 1.33. The number of ketones is 2. The summed E-state index contributed by atoms with van der Waals surface area (Å²) in [5.41, 5.74) is 0.0324. The summed E-state index contributed by atoms with van der Waals surface area (Å²) in [7, 11) is 0. The van der Waals surface area contributed by atoms with Gasteiger partial charge in [-0.2, -0.15) is 4.98 Å². The molecular formula is C21H9F2NO3S. The summed E-state index contributed by atoms with van der Waals surface area (Å²) in [5.74, 6) is -3.00. The van der Waals surface area contributed by atoms with Crippen LogP contribution < -0.4 is 0 Å². The van der Waals surface area contributed by atoms with Gasteiger partial charge < -0.3 is 4.42 Å². The lowest BCUT2D eigenvalue weighted by atomic mass is 10.1. The van der Waals surface area contributed by atoms with E-state index >= 15 is 0 Å². The molecule has 4 aromatic rings. The Kier molecular flexibility index (Phi) is 3.60. The highest BCUT2D eigenvalue weighted by Crippen LogP contribution is 2.35. The second-order valence-electron chi connectivity index (χ2n) is 6.20. The molecule has 136 valence electrons. The van der Waals surface area contributed by atoms with Crippen LogP contribution in [0.4, 0.5) is 8.78 Å². The van der Waals surface area contributed by atoms with Crippen LogP contribution in [0.1, 0.15) is 25.6 Å². The number of nitrogens with zero attached hydrogens (tertiary/aromatic N) is 1. The Hall–Kier alpha value is -3.45. The molecule has 0 N–H and O–H groups in total. The molecule has 0 spiro atoms. The first-order chi connectivity index (χ1) is 13.5. The molecule has 28 heavy (non-hydrogen) atoms. The van der Waals surface area contributed by atoms with Gasteiger partial charge in [0.05, 0.1) is 16.7 Å². The number of hydrogen-bond acceptors (Lipinski definition) is 5. The maximum atomic E-state index is 13.9. The van der Waals surface area contributed by atoms with Gasteiger partial charge >= 0.3 is 0 Å². The lowest BCUT2D eigenvalue weighted by Crippen LogP contribution is -2.00. The smallest absolute Gasteiger partial charge is 0.228 e. The maximum absolute atomic E-state index is 13.9. The number of benzene rings is 2. The van der Waals surface area contributed by atoms with Crippen molar-refractivity contribution in [2.75, 3.05) is 0 Å². The van der Waals surface area contributed by atoms with Crippen LogP contribution in [0.3, 0.4) is 0 Å². The van der Waals surface area contributed by atoms with Crippen LogP contribution in [0.5, 0.6) is 0 Å². The minimum atomic E-state index is -0.910. The number of thiophene rings is 1. The minimum Gasteiger partial charge on any atom is -0.435 e. The Morgan fingerprint density at radius 3 is 2.18 bits per heavy atom. The standard InChI is InChI=1S/C21H9F2NO3S/c22-13-6-7-14(23)17-16(13)18(25)12(19(17)26)8-11-9-15-21(28-11)24-20(27-15)10-4-2-1-3-5-10/h1-9H. The quantitative estimate of drug-likeness (QED) is 0.343. The summed E-state index contributed by atoms with van der Waals surface area (Å²) in [4.78, 5) is 30.4. The minimum absolute atomic E-state index is 0.272. The van der Waals surface area contributed by atoms with E-state index in [9.17, 15) is 18.4 Å². The zero-order valence-electron chi connectivity index (χ0n) is 14.0. The Balaban J connectivity index is 1.55. The van der Waals surface area contributed by atoms with Gasteiger partial charge in [-0.15, -0.1) is 11.3 Å². The Morgan fingerprint density at radius 1 is 0.929 bits per heavy atom. The first-order valence-electron chi connectivity index (χ1n) is 8.28. The van der Waals surface area contributed by atoms with Crippen molar-refractivity contribution < 1.29 is 22.8 Å². The molecule has 0 aliphatic heterocycles. The average molecular weight is 393 g/mol. The number of rotatable bonds is 2. The summed E-state index contributed by atoms with van der Waals surface area (Å²) >= 11 is 1.22. The molecule has 5 rings (SSSR count). The van der Waals surface area contributed by atoms with Crippen LogP contribution in [-0.4, -0.2) is 16.6 Å². The number of carbonyl (C=O) groups is 2. The molecule has 0 amide bonds. The summed E-state index contributed by atoms with van der Waals surface area (Å²) in [5, 5.41) is 0. The molecule has 1 aliphatic carbocycles. The highest BCUT2D eigenvalue weighted by Gasteiger charge is 2.38. The van der Waals surface area contributed by atoms with Crippen LogP contribution in [0.2, 0.25) is 0 Å². The molecule has 4 nitrogen and oxygen atoms in total. The Labute approximate surface area is 160 Å².